The summed E-state index contributed by atoms with van der Waals surface area (Å²) in [4.78, 5) is 4.07. The fourth-order valence-corrected chi connectivity index (χ4v) is 2.52. The monoisotopic (exact) mass is 310 g/mol. The van der Waals surface area contributed by atoms with Crippen molar-refractivity contribution < 1.29 is 0 Å². The molecule has 1 atom stereocenters. The number of hydrogen-bond donors (Lipinski definition) is 3. The second-order valence-electron chi connectivity index (χ2n) is 4.56. The van der Waals surface area contributed by atoms with E-state index >= 15 is 0 Å². The maximum atomic E-state index is 6.17. The highest BCUT2D eigenvalue weighted by Gasteiger charge is 2.13. The van der Waals surface area contributed by atoms with Gasteiger partial charge in [-0.05, 0) is 42.2 Å². The first-order chi connectivity index (χ1) is 9.60. The number of nitrogens with one attached hydrogen (secondary N) is 1. The Bertz CT molecular complexity index is 589. The van der Waals surface area contributed by atoms with Gasteiger partial charge < -0.3 is 5.73 Å². The lowest BCUT2D eigenvalue weighted by Gasteiger charge is -2.17. The number of aromatic nitrogens is 1. The summed E-state index contributed by atoms with van der Waals surface area (Å²) in [5.41, 5.74) is 10.6. The maximum Gasteiger partial charge on any atom is 0.126 e. The number of pyridine rings is 1. The number of nitrogens with two attached hydrogens (primary N) is 2. The van der Waals surface area contributed by atoms with Crippen LogP contribution in [-0.4, -0.2) is 11.0 Å². The number of hydrogen-bond acceptors (Lipinski definition) is 4. The molecule has 0 saturated carbocycles. The smallest absolute Gasteiger partial charge is 0.126 e. The molecule has 0 aliphatic carbocycles. The van der Waals surface area contributed by atoms with E-state index in [2.05, 4.69) is 10.4 Å². The lowest BCUT2D eigenvalue weighted by atomic mass is 10.00. The lowest BCUT2D eigenvalue weighted by molar-refractivity contribution is 0.522. The molecule has 1 aromatic carbocycles. The van der Waals surface area contributed by atoms with Crippen molar-refractivity contribution in [3.8, 4) is 0 Å². The zero-order valence-corrected chi connectivity index (χ0v) is 12.3. The van der Waals surface area contributed by atoms with Gasteiger partial charge in [-0.25, -0.2) is 4.98 Å². The van der Waals surface area contributed by atoms with Crippen LogP contribution in [0.2, 0.25) is 10.0 Å². The second kappa shape index (κ2) is 6.90. The van der Waals surface area contributed by atoms with Gasteiger partial charge in [-0.3, -0.25) is 11.3 Å². The molecule has 0 aliphatic rings. The summed E-state index contributed by atoms with van der Waals surface area (Å²) in [6.07, 6.45) is 3.02. The molecule has 6 heteroatoms. The molecule has 1 heterocycles. The summed E-state index contributed by atoms with van der Waals surface area (Å²) in [5.74, 6) is 6.14. The number of hydrazine groups is 1. The van der Waals surface area contributed by atoms with Crippen LogP contribution in [0, 0.1) is 0 Å². The summed E-state index contributed by atoms with van der Waals surface area (Å²) < 4.78 is 0. The van der Waals surface area contributed by atoms with Gasteiger partial charge in [-0.1, -0.05) is 35.3 Å². The van der Waals surface area contributed by atoms with Crippen molar-refractivity contribution in [2.24, 2.45) is 5.84 Å². The van der Waals surface area contributed by atoms with Gasteiger partial charge in [0, 0.05) is 22.3 Å². The molecule has 0 saturated heterocycles. The Hall–Kier alpha value is -1.33. The average Bonchev–Trinajstić information content (AvgIpc) is 2.43. The van der Waals surface area contributed by atoms with E-state index in [1.54, 1.807) is 12.3 Å². The van der Waals surface area contributed by atoms with E-state index in [4.69, 9.17) is 34.8 Å². The van der Waals surface area contributed by atoms with Crippen LogP contribution in [0.15, 0.2) is 36.5 Å². The minimum Gasteiger partial charge on any atom is -0.383 e. The van der Waals surface area contributed by atoms with Gasteiger partial charge in [0.25, 0.3) is 0 Å². The Morgan fingerprint density at radius 3 is 2.55 bits per heavy atom. The highest BCUT2D eigenvalue weighted by molar-refractivity contribution is 6.35. The van der Waals surface area contributed by atoms with E-state index in [-0.39, 0.29) is 6.04 Å². The molecular weight excluding hydrogens is 295 g/mol. The van der Waals surface area contributed by atoms with Crippen molar-refractivity contribution in [3.05, 3.63) is 57.7 Å². The summed E-state index contributed by atoms with van der Waals surface area (Å²) in [5, 5.41) is 1.25. The molecular formula is C14H16Cl2N4. The van der Waals surface area contributed by atoms with Crippen LogP contribution in [0.4, 0.5) is 5.82 Å². The van der Waals surface area contributed by atoms with Crippen LogP contribution in [-0.2, 0) is 12.8 Å². The average molecular weight is 311 g/mol. The van der Waals surface area contributed by atoms with Crippen LogP contribution in [0.25, 0.3) is 0 Å². The lowest BCUT2D eigenvalue weighted by Crippen LogP contribution is -2.38. The van der Waals surface area contributed by atoms with Crippen LogP contribution in [0.5, 0.6) is 0 Å². The first-order valence-electron chi connectivity index (χ1n) is 6.19. The minimum atomic E-state index is 0.0141. The SMILES string of the molecule is NNC(Cc1ccc(Cl)cc1Cl)Cc1cccnc1N. The summed E-state index contributed by atoms with van der Waals surface area (Å²) >= 11 is 12.1. The van der Waals surface area contributed by atoms with Crippen LogP contribution >= 0.6 is 23.2 Å². The number of halogens is 2. The molecule has 0 bridgehead atoms. The van der Waals surface area contributed by atoms with Crippen molar-refractivity contribution in [1.82, 2.24) is 10.4 Å². The predicted octanol–water partition coefficient (Wildman–Crippen LogP) is 2.59. The molecule has 0 radical (unpaired) electrons. The van der Waals surface area contributed by atoms with Crippen molar-refractivity contribution in [2.75, 3.05) is 5.73 Å². The molecule has 5 N–H and O–H groups in total. The standard InChI is InChI=1S/C14H16Cl2N4/c15-11-4-3-9(13(16)8-11)6-12(20-18)7-10-2-1-5-19-14(10)17/h1-5,8,12,20H,6-7,18H2,(H2,17,19). The fraction of sp³-hybridized carbons (Fsp3) is 0.214. The number of benzene rings is 1. The molecule has 4 nitrogen and oxygen atoms in total. The number of anilines is 1. The normalized spacial score (nSPS) is 12.3. The van der Waals surface area contributed by atoms with Gasteiger partial charge in [0.2, 0.25) is 0 Å². The Kier molecular flexibility index (Phi) is 5.20. The third-order valence-corrected chi connectivity index (χ3v) is 3.70. The Balaban J connectivity index is 2.11. The van der Waals surface area contributed by atoms with Gasteiger partial charge in [0.1, 0.15) is 5.82 Å². The third-order valence-electron chi connectivity index (χ3n) is 3.11. The van der Waals surface area contributed by atoms with E-state index in [1.165, 1.54) is 0 Å². The zero-order chi connectivity index (χ0) is 14.5. The highest BCUT2D eigenvalue weighted by Crippen LogP contribution is 2.23. The minimum absolute atomic E-state index is 0.0141. The Labute approximate surface area is 128 Å². The first-order valence-corrected chi connectivity index (χ1v) is 6.95. The zero-order valence-electron chi connectivity index (χ0n) is 10.8. The molecule has 2 rings (SSSR count). The predicted molar refractivity (Wildman–Crippen MR) is 83.6 cm³/mol. The van der Waals surface area contributed by atoms with Gasteiger partial charge >= 0.3 is 0 Å². The van der Waals surface area contributed by atoms with E-state index in [0.29, 0.717) is 28.7 Å². The van der Waals surface area contributed by atoms with Gasteiger partial charge in [0.05, 0.1) is 0 Å². The number of rotatable bonds is 5. The number of nitrogens with zero attached hydrogens (tertiary/aromatic N) is 1. The Morgan fingerprint density at radius 1 is 1.15 bits per heavy atom. The molecule has 0 fully saturated rings. The van der Waals surface area contributed by atoms with Crippen molar-refractivity contribution in [1.29, 1.82) is 0 Å². The van der Waals surface area contributed by atoms with Gasteiger partial charge in [-0.2, -0.15) is 0 Å². The highest BCUT2D eigenvalue weighted by atomic mass is 35.5. The molecule has 0 aliphatic heterocycles. The topological polar surface area (TPSA) is 77.0 Å². The molecule has 0 amide bonds. The van der Waals surface area contributed by atoms with E-state index < -0.39 is 0 Å². The molecule has 106 valence electrons. The van der Waals surface area contributed by atoms with Crippen LogP contribution in [0.1, 0.15) is 11.1 Å². The number of nitrogen functional groups attached to an aromatic ring is 1. The molecule has 0 spiro atoms. The molecule has 1 unspecified atom stereocenters. The summed E-state index contributed by atoms with van der Waals surface area (Å²) in [6, 6.07) is 9.26. The van der Waals surface area contributed by atoms with Crippen LogP contribution < -0.4 is 17.0 Å². The molecule has 20 heavy (non-hydrogen) atoms. The quantitative estimate of drug-likeness (QED) is 0.586. The summed E-state index contributed by atoms with van der Waals surface area (Å²) in [6.45, 7) is 0. The fourth-order valence-electron chi connectivity index (χ4n) is 2.03. The second-order valence-corrected chi connectivity index (χ2v) is 5.40. The maximum absolute atomic E-state index is 6.17. The van der Waals surface area contributed by atoms with Crippen molar-refractivity contribution in [2.45, 2.75) is 18.9 Å². The van der Waals surface area contributed by atoms with Crippen LogP contribution in [0.3, 0.4) is 0 Å². The van der Waals surface area contributed by atoms with E-state index in [9.17, 15) is 0 Å². The van der Waals surface area contributed by atoms with Crippen molar-refractivity contribution >= 4 is 29.0 Å². The molecule has 1 aromatic heterocycles. The van der Waals surface area contributed by atoms with Crippen molar-refractivity contribution in [3.63, 3.8) is 0 Å². The summed E-state index contributed by atoms with van der Waals surface area (Å²) in [7, 11) is 0. The largest absolute Gasteiger partial charge is 0.383 e. The third kappa shape index (κ3) is 3.84. The van der Waals surface area contributed by atoms with Gasteiger partial charge in [0.15, 0.2) is 0 Å². The molecule has 2 aromatic rings. The van der Waals surface area contributed by atoms with E-state index in [0.717, 1.165) is 11.1 Å². The van der Waals surface area contributed by atoms with E-state index in [1.807, 2.05) is 24.3 Å². The van der Waals surface area contributed by atoms with Gasteiger partial charge in [-0.15, -0.1) is 0 Å². The Morgan fingerprint density at radius 2 is 1.90 bits per heavy atom. The first kappa shape index (κ1) is 15.1.